The summed E-state index contributed by atoms with van der Waals surface area (Å²) in [5.74, 6) is -1.53. The lowest BCUT2D eigenvalue weighted by atomic mass is 10.0. The fourth-order valence-corrected chi connectivity index (χ4v) is 8.42. The van der Waals surface area contributed by atoms with Gasteiger partial charge in [-0.15, -0.1) is 0 Å². The molecule has 0 amide bonds. The van der Waals surface area contributed by atoms with Gasteiger partial charge < -0.3 is 24.2 Å². The smallest absolute Gasteiger partial charge is 0.462 e. The molecule has 0 rings (SSSR count). The molecule has 0 heterocycles. The minimum Gasteiger partial charge on any atom is -0.462 e. The van der Waals surface area contributed by atoms with Crippen LogP contribution in [0.3, 0.4) is 0 Å². The molecule has 0 spiro atoms. The molecule has 0 aromatic carbocycles. The lowest BCUT2D eigenvalue weighted by Gasteiger charge is -2.21. The Kier molecular flexibility index (Phi) is 52.9. The number of rotatable bonds is 53. The van der Waals surface area contributed by atoms with Crippen LogP contribution in [-0.2, 0) is 42.2 Å². The molecule has 2 N–H and O–H groups in total. The zero-order valence-corrected chi connectivity index (χ0v) is 47.7. The van der Waals surface area contributed by atoms with Crippen LogP contribution in [0.4, 0.5) is 0 Å². The largest absolute Gasteiger partial charge is 0.472 e. The van der Waals surface area contributed by atoms with Crippen LogP contribution in [0, 0.1) is 0 Å². The van der Waals surface area contributed by atoms with Crippen molar-refractivity contribution >= 4 is 25.7 Å². The van der Waals surface area contributed by atoms with E-state index in [1.54, 1.807) is 0 Å². The lowest BCUT2D eigenvalue weighted by molar-refractivity contribution is -0.161. The SMILES string of the molecule is CC/C=C\C/C=C\C/C=C\C/C=C\CCCCCCCCC(=O)OCC(COP(=O)(O)OCC(CO)OC(=O)CCCCCCCCCCCCCCC)OC(=O)CCCC/C=C\C/C=C\C/C=C\C/C=C\CC. The Balaban J connectivity index is 4.79. The second-order valence-corrected chi connectivity index (χ2v) is 20.5. The number of hydrogen-bond acceptors (Lipinski definition) is 10. The average Bonchev–Trinajstić information content (AvgIpc) is 3.39. The van der Waals surface area contributed by atoms with Gasteiger partial charge in [-0.05, 0) is 96.3 Å². The summed E-state index contributed by atoms with van der Waals surface area (Å²) in [5.41, 5.74) is 0. The summed E-state index contributed by atoms with van der Waals surface area (Å²) in [6.07, 6.45) is 65.1. The van der Waals surface area contributed by atoms with E-state index < -0.39 is 57.8 Å². The van der Waals surface area contributed by atoms with Crippen molar-refractivity contribution in [3.63, 3.8) is 0 Å². The molecule has 11 nitrogen and oxygen atoms in total. The third kappa shape index (κ3) is 53.2. The number of allylic oxidation sites excluding steroid dienone is 16. The first-order chi connectivity index (χ1) is 36.2. The second-order valence-electron chi connectivity index (χ2n) is 19.0. The fraction of sp³-hybridized carbons (Fsp3) is 0.694. The summed E-state index contributed by atoms with van der Waals surface area (Å²) in [5, 5.41) is 9.81. The van der Waals surface area contributed by atoms with Crippen molar-refractivity contribution in [2.45, 2.75) is 251 Å². The molecule has 74 heavy (non-hydrogen) atoms. The van der Waals surface area contributed by atoms with Gasteiger partial charge >= 0.3 is 25.7 Å². The number of aliphatic hydroxyl groups excluding tert-OH is 1. The summed E-state index contributed by atoms with van der Waals surface area (Å²) >= 11 is 0. The van der Waals surface area contributed by atoms with Crippen molar-refractivity contribution in [1.82, 2.24) is 0 Å². The van der Waals surface area contributed by atoms with E-state index in [9.17, 15) is 28.9 Å². The highest BCUT2D eigenvalue weighted by Gasteiger charge is 2.28. The van der Waals surface area contributed by atoms with Crippen LogP contribution in [0.25, 0.3) is 0 Å². The van der Waals surface area contributed by atoms with Crippen LogP contribution >= 0.6 is 7.82 Å². The topological polar surface area (TPSA) is 155 Å². The Morgan fingerprint density at radius 1 is 0.392 bits per heavy atom. The Labute approximate surface area is 451 Å². The van der Waals surface area contributed by atoms with Gasteiger partial charge in [-0.25, -0.2) is 4.57 Å². The molecule has 0 aliphatic heterocycles. The summed E-state index contributed by atoms with van der Waals surface area (Å²) in [4.78, 5) is 48.5. The maximum Gasteiger partial charge on any atom is 0.472 e. The molecule has 0 fully saturated rings. The maximum atomic E-state index is 12.9. The van der Waals surface area contributed by atoms with Crippen molar-refractivity contribution in [3.8, 4) is 0 Å². The molecule has 12 heteroatoms. The minimum absolute atomic E-state index is 0.109. The Morgan fingerprint density at radius 2 is 0.703 bits per heavy atom. The highest BCUT2D eigenvalue weighted by Crippen LogP contribution is 2.43. The zero-order chi connectivity index (χ0) is 54.1. The van der Waals surface area contributed by atoms with Crippen LogP contribution in [0.5, 0.6) is 0 Å². The van der Waals surface area contributed by atoms with E-state index in [0.717, 1.165) is 122 Å². The van der Waals surface area contributed by atoms with Crippen LogP contribution in [-0.4, -0.2) is 66.5 Å². The van der Waals surface area contributed by atoms with E-state index in [1.807, 2.05) is 0 Å². The molecule has 0 bridgehead atoms. The molecule has 424 valence electrons. The van der Waals surface area contributed by atoms with Gasteiger partial charge in [0.15, 0.2) is 6.10 Å². The van der Waals surface area contributed by atoms with Crippen LogP contribution < -0.4 is 0 Å². The average molecular weight is 1060 g/mol. The first-order valence-corrected chi connectivity index (χ1v) is 30.6. The molecule has 0 aliphatic rings. The zero-order valence-electron chi connectivity index (χ0n) is 46.8. The van der Waals surface area contributed by atoms with Crippen molar-refractivity contribution < 1.29 is 52.2 Å². The molecule has 0 saturated carbocycles. The van der Waals surface area contributed by atoms with Crippen molar-refractivity contribution in [3.05, 3.63) is 97.2 Å². The molecular formula is C62H105O11P. The predicted octanol–water partition coefficient (Wildman–Crippen LogP) is 17.3. The van der Waals surface area contributed by atoms with Gasteiger partial charge in [0.2, 0.25) is 0 Å². The van der Waals surface area contributed by atoms with Crippen molar-refractivity contribution in [2.75, 3.05) is 26.4 Å². The molecular weight excluding hydrogens is 952 g/mol. The van der Waals surface area contributed by atoms with E-state index in [0.29, 0.717) is 19.3 Å². The molecule has 0 saturated heterocycles. The Hall–Kier alpha value is -3.60. The number of carbonyl (C=O) groups is 3. The first kappa shape index (κ1) is 70.4. The summed E-state index contributed by atoms with van der Waals surface area (Å²) in [6, 6.07) is 0. The molecule has 3 unspecified atom stereocenters. The number of carbonyl (C=O) groups excluding carboxylic acids is 3. The van der Waals surface area contributed by atoms with E-state index >= 15 is 0 Å². The molecule has 0 aliphatic carbocycles. The van der Waals surface area contributed by atoms with Gasteiger partial charge in [0.1, 0.15) is 12.7 Å². The van der Waals surface area contributed by atoms with E-state index in [4.69, 9.17) is 23.3 Å². The third-order valence-corrected chi connectivity index (χ3v) is 13.0. The summed E-state index contributed by atoms with van der Waals surface area (Å²) in [7, 11) is -4.76. The third-order valence-electron chi connectivity index (χ3n) is 12.0. The lowest BCUT2D eigenvalue weighted by Crippen LogP contribution is -2.30. The van der Waals surface area contributed by atoms with Gasteiger partial charge in [-0.3, -0.25) is 23.4 Å². The van der Waals surface area contributed by atoms with Crippen molar-refractivity contribution in [2.24, 2.45) is 0 Å². The molecule has 0 aromatic rings. The van der Waals surface area contributed by atoms with Gasteiger partial charge in [0.05, 0.1) is 19.8 Å². The van der Waals surface area contributed by atoms with Gasteiger partial charge in [-0.2, -0.15) is 0 Å². The number of phosphoric acid groups is 1. The molecule has 0 radical (unpaired) electrons. The Bertz CT molecular complexity index is 1610. The Morgan fingerprint density at radius 3 is 1.11 bits per heavy atom. The van der Waals surface area contributed by atoms with Gasteiger partial charge in [-0.1, -0.05) is 221 Å². The van der Waals surface area contributed by atoms with Crippen LogP contribution in [0.1, 0.15) is 239 Å². The van der Waals surface area contributed by atoms with E-state index in [2.05, 4.69) is 118 Å². The standard InChI is InChI=1S/C62H105O11P/c1-4-7-10-13-16-19-22-25-27-28-29-30-32-34-36-39-42-45-48-51-60(64)69-55-59(73-62(66)53-50-47-44-41-38-35-31-26-23-20-17-14-11-8-5-2)57-71-74(67,68)70-56-58(54-63)72-61(65)52-49-46-43-40-37-33-24-21-18-15-12-9-6-3/h7-8,10-11,16-17,19-20,25-27,29-31,38,41,58-59,63H,4-6,9,12-15,18,21-24,28,32-37,39-40,42-57H2,1-3H3,(H,67,68)/b10-7-,11-8-,19-16-,20-17-,27-25-,30-29-,31-26-,41-38-. The minimum atomic E-state index is -4.76. The van der Waals surface area contributed by atoms with E-state index in [-0.39, 0.29) is 25.9 Å². The highest BCUT2D eigenvalue weighted by molar-refractivity contribution is 7.47. The summed E-state index contributed by atoms with van der Waals surface area (Å²) < 4.78 is 39.5. The van der Waals surface area contributed by atoms with Crippen LogP contribution in [0.2, 0.25) is 0 Å². The number of phosphoric ester groups is 1. The van der Waals surface area contributed by atoms with Crippen molar-refractivity contribution in [1.29, 1.82) is 0 Å². The predicted molar refractivity (Wildman–Crippen MR) is 307 cm³/mol. The highest BCUT2D eigenvalue weighted by atomic mass is 31.2. The number of unbranched alkanes of at least 4 members (excludes halogenated alkanes) is 20. The van der Waals surface area contributed by atoms with Gasteiger partial charge in [0, 0.05) is 19.3 Å². The van der Waals surface area contributed by atoms with Gasteiger partial charge in [0.25, 0.3) is 0 Å². The van der Waals surface area contributed by atoms with Crippen LogP contribution in [0.15, 0.2) is 97.2 Å². The summed E-state index contributed by atoms with van der Waals surface area (Å²) in [6.45, 7) is 4.36. The normalized spacial score (nSPS) is 14.1. The number of hydrogen-bond donors (Lipinski definition) is 2. The monoisotopic (exact) mass is 1060 g/mol. The maximum absolute atomic E-state index is 12.9. The second kappa shape index (κ2) is 55.6. The first-order valence-electron chi connectivity index (χ1n) is 29.1. The number of aliphatic hydroxyl groups is 1. The van der Waals surface area contributed by atoms with E-state index in [1.165, 1.54) is 57.8 Å². The molecule has 0 aromatic heterocycles. The number of esters is 3. The fourth-order valence-electron chi connectivity index (χ4n) is 7.63. The quantitative estimate of drug-likeness (QED) is 0.0197. The molecule has 3 atom stereocenters. The number of ether oxygens (including phenoxy) is 3.